The fourth-order valence-electron chi connectivity index (χ4n) is 7.42. The normalized spacial score (nSPS) is 25.3. The van der Waals surface area contributed by atoms with E-state index in [4.69, 9.17) is 14.6 Å². The Balaban J connectivity index is 0.00000301. The molecule has 8 N–H and O–H groups in total. The predicted octanol–water partition coefficient (Wildman–Crippen LogP) is -0.151. The number of carbonyl (C=O) groups is 1. The summed E-state index contributed by atoms with van der Waals surface area (Å²) in [5.74, 6) is -1.01. The fourth-order valence-corrected chi connectivity index (χ4v) is 9.97. The number of halogens is 1. The van der Waals surface area contributed by atoms with Crippen LogP contribution >= 0.6 is 12.4 Å². The zero-order valence-corrected chi connectivity index (χ0v) is 40.8. The third kappa shape index (κ3) is 15.1. The first kappa shape index (κ1) is 57.2. The number of anilines is 2. The predicted molar refractivity (Wildman–Crippen MR) is 226 cm³/mol. The number of rotatable bonds is 14. The minimum absolute atomic E-state index is 0. The Labute approximate surface area is 407 Å². The molecule has 61 heavy (non-hydrogen) atoms. The molecule has 3 aromatic rings. The topological polar surface area (TPSA) is 276 Å². The summed E-state index contributed by atoms with van der Waals surface area (Å²) >= 11 is 0. The van der Waals surface area contributed by atoms with E-state index >= 15 is 0 Å². The Morgan fingerprint density at radius 2 is 1.66 bits per heavy atom. The molecule has 2 aliphatic heterocycles. The van der Waals surface area contributed by atoms with Crippen LogP contribution in [0.4, 0.5) is 16.2 Å². The molecular formula is C40H59ClKN3O14S2. The second-order valence-electron chi connectivity index (χ2n) is 14.7. The van der Waals surface area contributed by atoms with Crippen molar-refractivity contribution in [3.05, 3.63) is 89.5 Å². The van der Waals surface area contributed by atoms with Crippen LogP contribution in [0.3, 0.4) is 0 Å². The van der Waals surface area contributed by atoms with Gasteiger partial charge in [0.05, 0.1) is 30.0 Å². The van der Waals surface area contributed by atoms with E-state index in [2.05, 4.69) is 14.8 Å². The summed E-state index contributed by atoms with van der Waals surface area (Å²) in [5, 5.41) is 47.2. The first-order valence-corrected chi connectivity index (χ1v) is 22.2. The number of aliphatic hydroxyl groups is 4. The van der Waals surface area contributed by atoms with Crippen LogP contribution in [0.25, 0.3) is 0 Å². The molecule has 21 heteroatoms. The smallest absolute Gasteiger partial charge is 0.726 e. The van der Waals surface area contributed by atoms with Crippen LogP contribution in [0.15, 0.2) is 77.7 Å². The maximum Gasteiger partial charge on any atom is 1.00 e. The summed E-state index contributed by atoms with van der Waals surface area (Å²) < 4.78 is 77.4. The molecule has 0 spiro atoms. The van der Waals surface area contributed by atoms with E-state index in [1.165, 1.54) is 0 Å². The first-order chi connectivity index (χ1) is 27.4. The number of nitrogens with zero attached hydrogens (tertiary/aromatic N) is 1. The minimum atomic E-state index is -5.18. The molecule has 0 aliphatic carbocycles. The number of ether oxygens (including phenoxy) is 2. The number of hydrogen-bond acceptors (Lipinski definition) is 14. The van der Waals surface area contributed by atoms with Crippen LogP contribution in [0.2, 0.25) is 0 Å². The molecule has 1 fully saturated rings. The average Bonchev–Trinajstić information content (AvgIpc) is 3.24. The summed E-state index contributed by atoms with van der Waals surface area (Å²) in [4.78, 5) is 15.5. The molecule has 5 rings (SSSR count). The molecule has 2 aliphatic rings. The van der Waals surface area contributed by atoms with Gasteiger partial charge in [-0.2, -0.15) is 0 Å². The van der Waals surface area contributed by atoms with E-state index in [9.17, 15) is 41.5 Å². The quantitative estimate of drug-likeness (QED) is 0.0697. The van der Waals surface area contributed by atoms with Gasteiger partial charge in [0.15, 0.2) is 16.1 Å². The third-order valence-corrected chi connectivity index (χ3v) is 12.9. The van der Waals surface area contributed by atoms with Crippen LogP contribution in [0.5, 0.6) is 0 Å². The van der Waals surface area contributed by atoms with E-state index in [0.29, 0.717) is 29.5 Å². The zero-order valence-electron chi connectivity index (χ0n) is 35.3. The van der Waals surface area contributed by atoms with Gasteiger partial charge in [-0.05, 0) is 66.8 Å². The number of aliphatic hydroxyl groups excluding tert-OH is 4. The van der Waals surface area contributed by atoms with Gasteiger partial charge >= 0.3 is 57.4 Å². The average molecular weight is 945 g/mol. The van der Waals surface area contributed by atoms with E-state index in [-0.39, 0.29) is 98.8 Å². The third-order valence-electron chi connectivity index (χ3n) is 10.5. The number of hydrogen-bond donors (Lipinski definition) is 6. The van der Waals surface area contributed by atoms with Gasteiger partial charge in [0.2, 0.25) is 10.4 Å². The van der Waals surface area contributed by atoms with Gasteiger partial charge in [-0.3, -0.25) is 4.18 Å². The van der Waals surface area contributed by atoms with E-state index in [1.54, 1.807) is 79.7 Å². The van der Waals surface area contributed by atoms with Crippen molar-refractivity contribution in [1.82, 2.24) is 5.32 Å². The minimum Gasteiger partial charge on any atom is -0.726 e. The van der Waals surface area contributed by atoms with E-state index in [0.717, 1.165) is 18.5 Å². The number of carbonyl (C=O) groups excluding carboxylic acids is 1. The molecule has 1 saturated heterocycles. The molecule has 0 aromatic heterocycles. The van der Waals surface area contributed by atoms with Crippen molar-refractivity contribution in [2.75, 3.05) is 43.3 Å². The fraction of sp³-hybridized carbons (Fsp3) is 0.525. The van der Waals surface area contributed by atoms with Crippen LogP contribution in [0.1, 0.15) is 69.1 Å². The SMILES string of the molecule is CCCC[C@]1(CC)CS(=O)(=O)c2ccc(N(C)C)cc2[C@@H](c2cccc(NC(=O)N[C@@H]3O[C@H](COS(=O)(=O)[O-])[C@@H](O)[C@H](OCc4ccccc4)[C@H]3O)c2)[C@H]1O.CCO.Cl.O.[K+]. The van der Waals surface area contributed by atoms with Crippen molar-refractivity contribution in [1.29, 1.82) is 0 Å². The molecule has 3 aromatic carbocycles. The van der Waals surface area contributed by atoms with Crippen LogP contribution < -0.4 is 66.9 Å². The first-order valence-electron chi connectivity index (χ1n) is 19.2. The number of nitrogens with one attached hydrogen (secondary N) is 2. The van der Waals surface area contributed by atoms with Crippen molar-refractivity contribution in [2.24, 2.45) is 5.41 Å². The van der Waals surface area contributed by atoms with Crippen molar-refractivity contribution >= 4 is 50.0 Å². The number of sulfone groups is 1. The summed E-state index contributed by atoms with van der Waals surface area (Å²) in [5.41, 5.74) is 1.74. The van der Waals surface area contributed by atoms with Crippen molar-refractivity contribution in [3.8, 4) is 0 Å². The van der Waals surface area contributed by atoms with Gasteiger partial charge < -0.3 is 55.5 Å². The van der Waals surface area contributed by atoms with E-state index in [1.807, 2.05) is 32.8 Å². The molecular weight excluding hydrogens is 885 g/mol. The number of urea groups is 1. The maximum absolute atomic E-state index is 14.0. The van der Waals surface area contributed by atoms with Crippen molar-refractivity contribution < 1.29 is 117 Å². The molecule has 8 atom stereocenters. The Morgan fingerprint density at radius 1 is 1.00 bits per heavy atom. The molecule has 0 bridgehead atoms. The zero-order chi connectivity index (χ0) is 42.8. The number of unbranched alkanes of at least 4 members (excludes halogenated alkanes) is 1. The monoisotopic (exact) mass is 943 g/mol. The summed E-state index contributed by atoms with van der Waals surface area (Å²) in [6, 6.07) is 19.7. The van der Waals surface area contributed by atoms with Gasteiger partial charge in [-0.1, -0.05) is 69.2 Å². The Hall–Kier alpha value is -1.80. The van der Waals surface area contributed by atoms with Gasteiger partial charge in [0.25, 0.3) is 0 Å². The van der Waals surface area contributed by atoms with Crippen LogP contribution in [-0.4, -0.2) is 123 Å². The summed E-state index contributed by atoms with van der Waals surface area (Å²) in [6.45, 7) is 4.85. The summed E-state index contributed by atoms with van der Waals surface area (Å²) in [6.07, 6.45) is -6.46. The summed E-state index contributed by atoms with van der Waals surface area (Å²) in [7, 11) is -5.33. The number of amides is 2. The molecule has 17 nitrogen and oxygen atoms in total. The van der Waals surface area contributed by atoms with Crippen LogP contribution in [0, 0.1) is 5.41 Å². The molecule has 2 amide bonds. The second kappa shape index (κ2) is 25.6. The maximum atomic E-state index is 14.0. The molecule has 2 heterocycles. The Bertz CT molecular complexity index is 2040. The Kier molecular flexibility index (Phi) is 24.0. The molecule has 0 unspecified atom stereocenters. The van der Waals surface area contributed by atoms with E-state index < -0.39 is 81.0 Å². The largest absolute Gasteiger partial charge is 1.00 e. The number of benzene rings is 3. The Morgan fingerprint density at radius 3 is 2.25 bits per heavy atom. The van der Waals surface area contributed by atoms with Gasteiger partial charge in [-0.15, -0.1) is 12.4 Å². The van der Waals surface area contributed by atoms with Crippen LogP contribution in [-0.2, 0) is 40.5 Å². The molecule has 0 saturated carbocycles. The van der Waals surface area contributed by atoms with Gasteiger partial charge in [0.1, 0.15) is 24.4 Å². The van der Waals surface area contributed by atoms with Crippen molar-refractivity contribution in [3.63, 3.8) is 0 Å². The molecule has 0 radical (unpaired) electrons. The molecule has 338 valence electrons. The van der Waals surface area contributed by atoms with Gasteiger partial charge in [-0.25, -0.2) is 21.6 Å². The van der Waals surface area contributed by atoms with Gasteiger partial charge in [0, 0.05) is 43.4 Å². The standard InChI is InChI=1S/C38H51N3O12S2.C2H6O.ClH.K.H2O/c1-5-7-18-38(6-2)23-54(46,47)30-17-16-27(41(3)4)20-28(30)31(35(38)44)25-14-11-15-26(19-25)39-37(45)40-36-33(43)34(51-21-24-12-9-8-10-13-24)32(42)29(53-36)22-52-55(48,49)50;1-2-3;;;/h8-17,19-20,29,31-36,42-44H,5-7,18,21-23H2,1-4H3,(H2,39,40,45)(H,48,49,50);3H,2H2,1H3;1H;;1H2/q;;;+1;/p-1/t29-,31-,32-,33-,34+,35-,36-,38-;;;;/m1..../s1. The second-order valence-corrected chi connectivity index (χ2v) is 17.7. The van der Waals surface area contributed by atoms with Crippen molar-refractivity contribution in [2.45, 2.75) is 101 Å². The number of fused-ring (bicyclic) bond motifs is 1.